The average Bonchev–Trinajstić information content (AvgIpc) is 2.52. The molecule has 0 aliphatic carbocycles. The van der Waals surface area contributed by atoms with Gasteiger partial charge in [-0.3, -0.25) is 14.5 Å². The smallest absolute Gasteiger partial charge is 0.469 e. The fourth-order valence-corrected chi connectivity index (χ4v) is 2.28. The largest absolute Gasteiger partial charge is 0.870 e. The number of carboxylic acid groups (broad SMARTS) is 1. The Labute approximate surface area is 166 Å². The number of nitrogens with zero attached hydrogens (tertiary/aromatic N) is 2. The van der Waals surface area contributed by atoms with Gasteiger partial charge >= 0.3 is 13.8 Å². The number of aryl methyl sites for hydroxylation is 1. The van der Waals surface area contributed by atoms with Crippen LogP contribution in [-0.2, 0) is 37.6 Å². The quantitative estimate of drug-likeness (QED) is 0.143. The van der Waals surface area contributed by atoms with Crippen molar-refractivity contribution in [1.29, 1.82) is 0 Å². The molecule has 0 aromatic carbocycles. The zero-order valence-corrected chi connectivity index (χ0v) is 16.3. The molecule has 0 aliphatic rings. The molecule has 1 radical (unpaired) electrons. The van der Waals surface area contributed by atoms with Crippen LogP contribution in [0.25, 0.3) is 0 Å². The molecule has 0 fully saturated rings. The maximum Gasteiger partial charge on any atom is 0.469 e. The number of aliphatic carboxylic acids is 1. The van der Waals surface area contributed by atoms with E-state index >= 15 is 0 Å². The minimum absolute atomic E-state index is 0. The first-order valence-corrected chi connectivity index (χ1v) is 9.02. The molecule has 1 rings (SSSR count). The molecule has 0 aliphatic heterocycles. The Morgan fingerprint density at radius 2 is 2.07 bits per heavy atom. The van der Waals surface area contributed by atoms with Crippen molar-refractivity contribution >= 4 is 20.0 Å². The number of phosphoric acid groups is 1. The summed E-state index contributed by atoms with van der Waals surface area (Å²) in [7, 11) is -4.71. The number of hydrogen-bond donors (Lipinski definition) is 5. The number of carboxylic acids is 1. The van der Waals surface area contributed by atoms with Gasteiger partial charge in [-0.05, 0) is 32.7 Å². The number of phosphoric ester groups is 1. The van der Waals surface area contributed by atoms with Crippen molar-refractivity contribution in [2.24, 2.45) is 10.7 Å². The molecule has 0 spiro atoms. The van der Waals surface area contributed by atoms with E-state index < -0.39 is 26.4 Å². The molecule has 0 amide bonds. The summed E-state index contributed by atoms with van der Waals surface area (Å²) in [6, 6.07) is -1.02. The maximum atomic E-state index is 11.3. The van der Waals surface area contributed by atoms with E-state index in [2.05, 4.69) is 14.5 Å². The molecule has 7 N–H and O–H groups in total. The van der Waals surface area contributed by atoms with Crippen molar-refractivity contribution in [2.75, 3.05) is 6.54 Å². The van der Waals surface area contributed by atoms with Gasteiger partial charge in [-0.1, -0.05) is 0 Å². The van der Waals surface area contributed by atoms with Crippen LogP contribution in [-0.4, -0.2) is 55.2 Å². The summed E-state index contributed by atoms with van der Waals surface area (Å²) in [5.74, 6) is -1.38. The van der Waals surface area contributed by atoms with E-state index in [1.54, 1.807) is 0 Å². The monoisotopic (exact) mass is 455 g/mol. The zero-order valence-electron chi connectivity index (χ0n) is 14.4. The van der Waals surface area contributed by atoms with Crippen LogP contribution >= 0.6 is 7.82 Å². The van der Waals surface area contributed by atoms with Gasteiger partial charge in [-0.25, -0.2) is 9.36 Å². The fraction of sp³-hybridized carbons (Fsp3) is 0.500. The first-order chi connectivity index (χ1) is 11.7. The number of unbranched alkanes of at least 4 members (excludes halogenated alkanes) is 1. The Balaban J connectivity index is 0. The molecule has 1 atom stereocenters. The predicted molar refractivity (Wildman–Crippen MR) is 91.3 cm³/mol. The van der Waals surface area contributed by atoms with E-state index in [0.717, 1.165) is 6.21 Å². The van der Waals surface area contributed by atoms with Crippen LogP contribution in [0.1, 0.15) is 36.1 Å². The zero-order chi connectivity index (χ0) is 19.0. The number of aromatic hydroxyl groups is 1. The van der Waals surface area contributed by atoms with E-state index in [1.807, 2.05) is 0 Å². The van der Waals surface area contributed by atoms with Gasteiger partial charge in [0.1, 0.15) is 11.8 Å². The number of rotatable bonds is 10. The molecule has 1 aromatic heterocycles. The van der Waals surface area contributed by atoms with Crippen molar-refractivity contribution < 1.29 is 56.4 Å². The van der Waals surface area contributed by atoms with Crippen LogP contribution in [0.4, 0.5) is 0 Å². The Morgan fingerprint density at radius 3 is 2.59 bits per heavy atom. The Hall–Kier alpha value is -1.36. The van der Waals surface area contributed by atoms with Gasteiger partial charge in [0.15, 0.2) is 0 Å². The molecule has 11 nitrogen and oxygen atoms in total. The van der Waals surface area contributed by atoms with Crippen molar-refractivity contribution in [3.63, 3.8) is 0 Å². The summed E-state index contributed by atoms with van der Waals surface area (Å²) in [4.78, 5) is 36.7. The predicted octanol–water partition coefficient (Wildman–Crippen LogP) is 0.527. The van der Waals surface area contributed by atoms with Gasteiger partial charge in [0, 0.05) is 40.6 Å². The number of aliphatic imine (C=N–C) groups is 1. The fourth-order valence-electron chi connectivity index (χ4n) is 1.97. The Bertz CT molecular complexity index is 683. The van der Waals surface area contributed by atoms with E-state index in [0.29, 0.717) is 19.4 Å². The molecule has 0 saturated carbocycles. The minimum atomic E-state index is -4.71. The standard InChI is InChI=1S/C14H22N3O7P.Cu.H2O/c1-9-13(18)11(10(6-16-9)8-24-25(21,22)23)7-17-12(14(19)20)4-2-3-5-15;;/h6-7,12,18H,2-5,8,15H2,1H3,(H,19,20)(H2,21,22,23);;1H2/p-1. The third kappa shape index (κ3) is 9.94. The van der Waals surface area contributed by atoms with Crippen molar-refractivity contribution in [3.8, 4) is 5.75 Å². The van der Waals surface area contributed by atoms with Gasteiger partial charge in [-0.2, -0.15) is 0 Å². The normalized spacial score (nSPS) is 12.3. The van der Waals surface area contributed by atoms with Crippen LogP contribution in [0.5, 0.6) is 5.75 Å². The molecule has 27 heavy (non-hydrogen) atoms. The van der Waals surface area contributed by atoms with E-state index in [-0.39, 0.29) is 51.5 Å². The SMILES string of the molecule is Cc1ncc(COP(=O)(O)O)c(C=NC(CCCCN)C(=O)O)c1O.[Cu].[OH-]. The second kappa shape index (κ2) is 12.9. The Morgan fingerprint density at radius 1 is 1.44 bits per heavy atom. The van der Waals surface area contributed by atoms with Crippen LogP contribution < -0.4 is 5.73 Å². The second-order valence-corrected chi connectivity index (χ2v) is 6.55. The van der Waals surface area contributed by atoms with Crippen molar-refractivity contribution in [2.45, 2.75) is 38.8 Å². The molecule has 1 heterocycles. The van der Waals surface area contributed by atoms with Gasteiger partial charge in [-0.15, -0.1) is 0 Å². The minimum Gasteiger partial charge on any atom is -0.870 e. The van der Waals surface area contributed by atoms with Gasteiger partial charge in [0.25, 0.3) is 0 Å². The van der Waals surface area contributed by atoms with Gasteiger partial charge < -0.3 is 31.2 Å². The van der Waals surface area contributed by atoms with Crippen molar-refractivity contribution in [1.82, 2.24) is 4.98 Å². The summed E-state index contributed by atoms with van der Waals surface area (Å²) < 4.78 is 15.2. The topological polar surface area (TPSA) is 206 Å². The van der Waals surface area contributed by atoms with Gasteiger partial charge in [0.2, 0.25) is 0 Å². The summed E-state index contributed by atoms with van der Waals surface area (Å²) in [6.07, 6.45) is 3.96. The summed E-state index contributed by atoms with van der Waals surface area (Å²) in [5, 5.41) is 19.3. The van der Waals surface area contributed by atoms with Crippen LogP contribution in [0.15, 0.2) is 11.2 Å². The molecular weight excluding hydrogens is 433 g/mol. The molecule has 159 valence electrons. The average molecular weight is 456 g/mol. The molecule has 13 heteroatoms. The second-order valence-electron chi connectivity index (χ2n) is 5.31. The van der Waals surface area contributed by atoms with Crippen LogP contribution in [0.3, 0.4) is 0 Å². The number of carbonyl (C=O) groups is 1. The van der Waals surface area contributed by atoms with E-state index in [9.17, 15) is 19.6 Å². The molecule has 1 aromatic rings. The number of nitrogens with two attached hydrogens (primary N) is 1. The molecular formula is C14H23CuN3O8P-. The van der Waals surface area contributed by atoms with Crippen molar-refractivity contribution in [3.05, 3.63) is 23.0 Å². The molecule has 0 saturated heterocycles. The summed E-state index contributed by atoms with van der Waals surface area (Å²) in [5.41, 5.74) is 5.91. The number of hydrogen-bond acceptors (Lipinski definition) is 8. The van der Waals surface area contributed by atoms with E-state index in [4.69, 9.17) is 15.5 Å². The number of pyridine rings is 1. The maximum absolute atomic E-state index is 11.3. The first-order valence-electron chi connectivity index (χ1n) is 7.49. The van der Waals surface area contributed by atoms with Gasteiger partial charge in [0.05, 0.1) is 12.3 Å². The van der Waals surface area contributed by atoms with Crippen LogP contribution in [0.2, 0.25) is 0 Å². The summed E-state index contributed by atoms with van der Waals surface area (Å²) >= 11 is 0. The Kier molecular flexibility index (Phi) is 13.3. The van der Waals surface area contributed by atoms with Crippen LogP contribution in [0, 0.1) is 6.92 Å². The third-order valence-electron chi connectivity index (χ3n) is 3.35. The summed E-state index contributed by atoms with van der Waals surface area (Å²) in [6.45, 7) is 1.46. The van der Waals surface area contributed by atoms with E-state index in [1.165, 1.54) is 13.1 Å². The third-order valence-corrected chi connectivity index (χ3v) is 3.81. The molecule has 1 unspecified atom stereocenters. The number of aromatic nitrogens is 1. The molecule has 0 bridgehead atoms. The first kappa shape index (κ1) is 27.9.